The summed E-state index contributed by atoms with van der Waals surface area (Å²) < 4.78 is 27.2. The average Bonchev–Trinajstić information content (AvgIpc) is 2.46. The summed E-state index contributed by atoms with van der Waals surface area (Å²) in [5.74, 6) is 0.732. The summed E-state index contributed by atoms with van der Waals surface area (Å²) in [5, 5.41) is 3.14. The Morgan fingerprint density at radius 1 is 1.14 bits per heavy atom. The summed E-state index contributed by atoms with van der Waals surface area (Å²) >= 11 is 0. The molecular formula is C15H19N3O2S. The molecule has 5 nitrogen and oxygen atoms in total. The molecule has 0 bridgehead atoms. The minimum atomic E-state index is -3.58. The van der Waals surface area contributed by atoms with Crippen molar-refractivity contribution in [2.24, 2.45) is 0 Å². The smallest absolute Gasteiger partial charge is 0.262 e. The minimum Gasteiger partial charge on any atom is -0.370 e. The zero-order chi connectivity index (χ0) is 15.3. The molecule has 0 saturated carbocycles. The molecule has 0 radical (unpaired) electrons. The molecular weight excluding hydrogens is 286 g/mol. The van der Waals surface area contributed by atoms with Crippen LogP contribution in [0.15, 0.2) is 47.5 Å². The van der Waals surface area contributed by atoms with Crippen LogP contribution in [0.5, 0.6) is 0 Å². The maximum absolute atomic E-state index is 12.3. The van der Waals surface area contributed by atoms with Crippen molar-refractivity contribution in [2.75, 3.05) is 16.6 Å². The van der Waals surface area contributed by atoms with Gasteiger partial charge in [-0.25, -0.2) is 13.4 Å². The lowest BCUT2D eigenvalue weighted by atomic mass is 10.2. The van der Waals surface area contributed by atoms with E-state index in [1.807, 2.05) is 6.07 Å². The van der Waals surface area contributed by atoms with Crippen LogP contribution in [0.25, 0.3) is 0 Å². The third-order valence-corrected chi connectivity index (χ3v) is 4.50. The van der Waals surface area contributed by atoms with Crippen LogP contribution in [-0.4, -0.2) is 19.9 Å². The number of nitrogens with one attached hydrogen (secondary N) is 2. The first kappa shape index (κ1) is 15.3. The Bertz CT molecular complexity index is 697. The Morgan fingerprint density at radius 2 is 1.90 bits per heavy atom. The number of pyridine rings is 1. The maximum atomic E-state index is 12.3. The van der Waals surface area contributed by atoms with E-state index in [1.54, 1.807) is 37.3 Å². The monoisotopic (exact) mass is 305 g/mol. The van der Waals surface area contributed by atoms with E-state index in [0.29, 0.717) is 11.3 Å². The highest BCUT2D eigenvalue weighted by Gasteiger charge is 2.16. The highest BCUT2D eigenvalue weighted by molar-refractivity contribution is 7.92. The lowest BCUT2D eigenvalue weighted by Gasteiger charge is -2.10. The van der Waals surface area contributed by atoms with Crippen LogP contribution in [0, 0.1) is 6.92 Å². The zero-order valence-corrected chi connectivity index (χ0v) is 12.9. The van der Waals surface area contributed by atoms with Gasteiger partial charge >= 0.3 is 0 Å². The molecule has 0 amide bonds. The van der Waals surface area contributed by atoms with Crippen molar-refractivity contribution in [3.8, 4) is 0 Å². The van der Waals surface area contributed by atoms with Crippen molar-refractivity contribution >= 4 is 21.5 Å². The van der Waals surface area contributed by atoms with Crippen LogP contribution < -0.4 is 10.0 Å². The molecule has 0 aliphatic carbocycles. The topological polar surface area (TPSA) is 71.1 Å². The number of benzene rings is 1. The van der Waals surface area contributed by atoms with Gasteiger partial charge in [-0.05, 0) is 37.1 Å². The fraction of sp³-hybridized carbons (Fsp3) is 0.267. The molecule has 0 unspecified atom stereocenters. The van der Waals surface area contributed by atoms with Gasteiger partial charge in [0, 0.05) is 6.54 Å². The summed E-state index contributed by atoms with van der Waals surface area (Å²) in [6, 6.07) is 10.3. The predicted molar refractivity (Wildman–Crippen MR) is 85.0 cm³/mol. The first-order valence-electron chi connectivity index (χ1n) is 6.81. The zero-order valence-electron chi connectivity index (χ0n) is 12.1. The first-order chi connectivity index (χ1) is 10.0. The fourth-order valence-electron chi connectivity index (χ4n) is 1.88. The third-order valence-electron chi connectivity index (χ3n) is 2.95. The van der Waals surface area contributed by atoms with Gasteiger partial charge < -0.3 is 5.32 Å². The second-order valence-electron chi connectivity index (χ2n) is 4.73. The molecule has 0 fully saturated rings. The second kappa shape index (κ2) is 6.58. The quantitative estimate of drug-likeness (QED) is 0.860. The van der Waals surface area contributed by atoms with Crippen molar-refractivity contribution in [3.05, 3.63) is 48.2 Å². The Morgan fingerprint density at radius 3 is 2.52 bits per heavy atom. The van der Waals surface area contributed by atoms with E-state index in [4.69, 9.17) is 0 Å². The van der Waals surface area contributed by atoms with E-state index in [9.17, 15) is 8.42 Å². The summed E-state index contributed by atoms with van der Waals surface area (Å²) in [6.07, 6.45) is 2.51. The normalized spacial score (nSPS) is 11.1. The first-order valence-corrected chi connectivity index (χ1v) is 8.29. The number of aryl methyl sites for hydroxylation is 1. The summed E-state index contributed by atoms with van der Waals surface area (Å²) in [5.41, 5.74) is 1.15. The minimum absolute atomic E-state index is 0.276. The highest BCUT2D eigenvalue weighted by atomic mass is 32.2. The molecule has 1 aromatic carbocycles. The van der Waals surface area contributed by atoms with E-state index in [0.717, 1.165) is 18.8 Å². The van der Waals surface area contributed by atoms with E-state index >= 15 is 0 Å². The number of aromatic nitrogens is 1. The van der Waals surface area contributed by atoms with Gasteiger partial charge in [-0.1, -0.05) is 25.1 Å². The van der Waals surface area contributed by atoms with Gasteiger partial charge in [0.05, 0.1) is 16.8 Å². The van der Waals surface area contributed by atoms with Crippen molar-refractivity contribution in [1.29, 1.82) is 0 Å². The number of hydrogen-bond acceptors (Lipinski definition) is 4. The standard InChI is InChI=1S/C15H19N3O2S/c1-3-10-16-15-9-8-13(11-17-15)18-21(19,20)14-7-5-4-6-12(14)2/h4-9,11,18H,3,10H2,1-2H3,(H,16,17). The molecule has 0 spiro atoms. The molecule has 1 heterocycles. The summed E-state index contributed by atoms with van der Waals surface area (Å²) in [4.78, 5) is 4.45. The SMILES string of the molecule is CCCNc1ccc(NS(=O)(=O)c2ccccc2C)cn1. The van der Waals surface area contributed by atoms with Crippen LogP contribution in [0.4, 0.5) is 11.5 Å². The van der Waals surface area contributed by atoms with Crippen molar-refractivity contribution in [1.82, 2.24) is 4.98 Å². The number of anilines is 2. The van der Waals surface area contributed by atoms with Gasteiger partial charge in [0.2, 0.25) is 0 Å². The van der Waals surface area contributed by atoms with Crippen molar-refractivity contribution in [2.45, 2.75) is 25.2 Å². The van der Waals surface area contributed by atoms with Gasteiger partial charge in [-0.2, -0.15) is 0 Å². The highest BCUT2D eigenvalue weighted by Crippen LogP contribution is 2.19. The Hall–Kier alpha value is -2.08. The molecule has 0 aliphatic heterocycles. The van der Waals surface area contributed by atoms with Crippen LogP contribution in [0.3, 0.4) is 0 Å². The van der Waals surface area contributed by atoms with Gasteiger partial charge in [0.1, 0.15) is 5.82 Å². The largest absolute Gasteiger partial charge is 0.370 e. The molecule has 2 aromatic rings. The number of hydrogen-bond donors (Lipinski definition) is 2. The lowest BCUT2D eigenvalue weighted by Crippen LogP contribution is -2.14. The number of sulfonamides is 1. The summed E-state index contributed by atoms with van der Waals surface area (Å²) in [7, 11) is -3.58. The van der Waals surface area contributed by atoms with E-state index in [1.165, 1.54) is 6.20 Å². The Labute approximate surface area is 125 Å². The van der Waals surface area contributed by atoms with Crippen molar-refractivity contribution < 1.29 is 8.42 Å². The maximum Gasteiger partial charge on any atom is 0.262 e. The van der Waals surface area contributed by atoms with Gasteiger partial charge in [-0.15, -0.1) is 0 Å². The molecule has 2 rings (SSSR count). The van der Waals surface area contributed by atoms with Crippen LogP contribution in [0.2, 0.25) is 0 Å². The Balaban J connectivity index is 2.16. The third kappa shape index (κ3) is 3.95. The van der Waals surface area contributed by atoms with E-state index in [2.05, 4.69) is 21.9 Å². The van der Waals surface area contributed by atoms with Crippen LogP contribution in [-0.2, 0) is 10.0 Å². The lowest BCUT2D eigenvalue weighted by molar-refractivity contribution is 0.600. The van der Waals surface area contributed by atoms with E-state index < -0.39 is 10.0 Å². The van der Waals surface area contributed by atoms with Gasteiger partial charge in [0.15, 0.2) is 0 Å². The molecule has 2 N–H and O–H groups in total. The fourth-order valence-corrected chi connectivity index (χ4v) is 3.17. The van der Waals surface area contributed by atoms with Gasteiger partial charge in [-0.3, -0.25) is 4.72 Å². The molecule has 21 heavy (non-hydrogen) atoms. The molecule has 0 atom stereocenters. The predicted octanol–water partition coefficient (Wildman–Crippen LogP) is 3.01. The van der Waals surface area contributed by atoms with E-state index in [-0.39, 0.29) is 4.90 Å². The average molecular weight is 305 g/mol. The molecule has 112 valence electrons. The second-order valence-corrected chi connectivity index (χ2v) is 6.38. The molecule has 6 heteroatoms. The summed E-state index contributed by atoms with van der Waals surface area (Å²) in [6.45, 7) is 4.67. The molecule has 0 saturated heterocycles. The van der Waals surface area contributed by atoms with Crippen LogP contribution in [0.1, 0.15) is 18.9 Å². The van der Waals surface area contributed by atoms with Gasteiger partial charge in [0.25, 0.3) is 10.0 Å². The molecule has 1 aromatic heterocycles. The number of rotatable bonds is 6. The Kier molecular flexibility index (Phi) is 4.80. The number of nitrogens with zero attached hydrogens (tertiary/aromatic N) is 1. The van der Waals surface area contributed by atoms with Crippen LogP contribution >= 0.6 is 0 Å². The molecule has 0 aliphatic rings. The van der Waals surface area contributed by atoms with Crippen molar-refractivity contribution in [3.63, 3.8) is 0 Å².